The molecule has 9 heteroatoms. The number of hydrogen-bond donors (Lipinski definition) is 1. The molecule has 0 atom stereocenters. The molecule has 1 N–H and O–H groups in total. The van der Waals surface area contributed by atoms with Crippen LogP contribution >= 0.6 is 0 Å². The van der Waals surface area contributed by atoms with Gasteiger partial charge in [0.1, 0.15) is 17.9 Å². The maximum absolute atomic E-state index is 12.3. The topological polar surface area (TPSA) is 92.3 Å². The van der Waals surface area contributed by atoms with Crippen molar-refractivity contribution in [1.29, 1.82) is 0 Å². The molecule has 0 bridgehead atoms. The van der Waals surface area contributed by atoms with Gasteiger partial charge in [-0.2, -0.15) is 5.10 Å². The molecule has 1 saturated heterocycles. The summed E-state index contributed by atoms with van der Waals surface area (Å²) in [5.74, 6) is 1.61. The van der Waals surface area contributed by atoms with Gasteiger partial charge >= 0.3 is 6.03 Å². The zero-order valence-corrected chi connectivity index (χ0v) is 13.9. The third kappa shape index (κ3) is 3.00. The number of urea groups is 1. The Morgan fingerprint density at radius 1 is 1.28 bits per heavy atom. The normalized spacial score (nSPS) is 14.9. The average molecular weight is 341 g/mol. The summed E-state index contributed by atoms with van der Waals surface area (Å²) in [6, 6.07) is 3.57. The lowest BCUT2D eigenvalue weighted by atomic mass is 10.3. The predicted octanol–water partition coefficient (Wildman–Crippen LogP) is 0.988. The molecule has 3 aromatic heterocycles. The van der Waals surface area contributed by atoms with E-state index in [0.29, 0.717) is 19.6 Å². The standard InChI is InChI=1S/C16H19N7O2/c1-21-14-13(10-20-21)15(19-11-18-14)22-4-6-23(7-5-22)16(24)17-9-12-3-2-8-25-12/h2-3,8,10-11H,4-7,9H2,1H3,(H,17,24). The van der Waals surface area contributed by atoms with Crippen molar-refractivity contribution in [2.75, 3.05) is 31.1 Å². The van der Waals surface area contributed by atoms with Crippen LogP contribution in [0.4, 0.5) is 10.6 Å². The second-order valence-electron chi connectivity index (χ2n) is 5.91. The molecule has 4 heterocycles. The molecule has 25 heavy (non-hydrogen) atoms. The molecule has 4 rings (SSSR count). The number of nitrogens with one attached hydrogen (secondary N) is 1. The number of nitrogens with zero attached hydrogens (tertiary/aromatic N) is 6. The van der Waals surface area contributed by atoms with Gasteiger partial charge in [-0.1, -0.05) is 0 Å². The van der Waals surface area contributed by atoms with E-state index < -0.39 is 0 Å². The van der Waals surface area contributed by atoms with E-state index in [0.717, 1.165) is 35.7 Å². The first-order valence-corrected chi connectivity index (χ1v) is 8.15. The third-order valence-corrected chi connectivity index (χ3v) is 4.37. The maximum atomic E-state index is 12.3. The second-order valence-corrected chi connectivity index (χ2v) is 5.91. The zero-order valence-electron chi connectivity index (χ0n) is 13.9. The Morgan fingerprint density at radius 2 is 2.12 bits per heavy atom. The van der Waals surface area contributed by atoms with Gasteiger partial charge in [-0.05, 0) is 12.1 Å². The molecule has 9 nitrogen and oxygen atoms in total. The van der Waals surface area contributed by atoms with Crippen molar-refractivity contribution in [3.63, 3.8) is 0 Å². The van der Waals surface area contributed by atoms with Crippen LogP contribution in [0.1, 0.15) is 5.76 Å². The Bertz CT molecular complexity index is 866. The number of carbonyl (C=O) groups excluding carboxylic acids is 1. The second kappa shape index (κ2) is 6.42. The molecular weight excluding hydrogens is 322 g/mol. The van der Waals surface area contributed by atoms with Crippen molar-refractivity contribution in [2.45, 2.75) is 6.54 Å². The SMILES string of the molecule is Cn1ncc2c(N3CCN(C(=O)NCc4ccco4)CC3)ncnc21. The van der Waals surface area contributed by atoms with E-state index in [1.165, 1.54) is 0 Å². The Hall–Kier alpha value is -3.10. The molecule has 0 unspecified atom stereocenters. The summed E-state index contributed by atoms with van der Waals surface area (Å²) in [6.45, 7) is 3.10. The van der Waals surface area contributed by atoms with Gasteiger partial charge < -0.3 is 19.5 Å². The Labute approximate surface area is 144 Å². The predicted molar refractivity (Wildman–Crippen MR) is 91.0 cm³/mol. The molecule has 0 aromatic carbocycles. The van der Waals surface area contributed by atoms with Crippen LogP contribution in [0.3, 0.4) is 0 Å². The van der Waals surface area contributed by atoms with Crippen molar-refractivity contribution in [3.8, 4) is 0 Å². The van der Waals surface area contributed by atoms with Crippen LogP contribution < -0.4 is 10.2 Å². The summed E-state index contributed by atoms with van der Waals surface area (Å²) in [5.41, 5.74) is 0.809. The van der Waals surface area contributed by atoms with E-state index in [1.54, 1.807) is 34.4 Å². The van der Waals surface area contributed by atoms with Gasteiger partial charge in [0.15, 0.2) is 5.65 Å². The van der Waals surface area contributed by atoms with Crippen LogP contribution in [0.25, 0.3) is 11.0 Å². The van der Waals surface area contributed by atoms with Crippen LogP contribution in [0.2, 0.25) is 0 Å². The van der Waals surface area contributed by atoms with Gasteiger partial charge in [0.05, 0.1) is 24.4 Å². The highest BCUT2D eigenvalue weighted by atomic mass is 16.3. The number of piperazine rings is 1. The van der Waals surface area contributed by atoms with Crippen molar-refractivity contribution < 1.29 is 9.21 Å². The summed E-state index contributed by atoms with van der Waals surface area (Å²) in [4.78, 5) is 24.9. The van der Waals surface area contributed by atoms with Gasteiger partial charge in [0, 0.05) is 33.2 Å². The minimum Gasteiger partial charge on any atom is -0.467 e. The van der Waals surface area contributed by atoms with Crippen molar-refractivity contribution in [2.24, 2.45) is 7.05 Å². The first-order valence-electron chi connectivity index (χ1n) is 8.15. The number of rotatable bonds is 3. The molecule has 1 fully saturated rings. The lowest BCUT2D eigenvalue weighted by Crippen LogP contribution is -2.52. The van der Waals surface area contributed by atoms with Crippen molar-refractivity contribution >= 4 is 22.9 Å². The van der Waals surface area contributed by atoms with Gasteiger partial charge in [-0.25, -0.2) is 14.8 Å². The number of anilines is 1. The van der Waals surface area contributed by atoms with Gasteiger partial charge in [0.25, 0.3) is 0 Å². The number of carbonyl (C=O) groups is 1. The molecule has 1 aliphatic heterocycles. The Balaban J connectivity index is 1.38. The van der Waals surface area contributed by atoms with E-state index >= 15 is 0 Å². The molecular formula is C16H19N7O2. The first-order chi connectivity index (χ1) is 12.2. The van der Waals surface area contributed by atoms with E-state index in [2.05, 4.69) is 25.3 Å². The van der Waals surface area contributed by atoms with Crippen LogP contribution in [-0.2, 0) is 13.6 Å². The maximum Gasteiger partial charge on any atom is 0.317 e. The lowest BCUT2D eigenvalue weighted by Gasteiger charge is -2.35. The highest BCUT2D eigenvalue weighted by Gasteiger charge is 2.23. The molecule has 130 valence electrons. The fourth-order valence-electron chi connectivity index (χ4n) is 3.01. The van der Waals surface area contributed by atoms with Gasteiger partial charge in [-0.3, -0.25) is 4.68 Å². The molecule has 0 radical (unpaired) electrons. The van der Waals surface area contributed by atoms with Crippen LogP contribution in [0.5, 0.6) is 0 Å². The number of aryl methyl sites for hydroxylation is 1. The highest BCUT2D eigenvalue weighted by Crippen LogP contribution is 2.23. The van der Waals surface area contributed by atoms with Crippen LogP contribution in [-0.4, -0.2) is 56.9 Å². The fraction of sp³-hybridized carbons (Fsp3) is 0.375. The highest BCUT2D eigenvalue weighted by molar-refractivity contribution is 5.86. The molecule has 0 spiro atoms. The summed E-state index contributed by atoms with van der Waals surface area (Å²) in [6.07, 6.45) is 4.94. The monoisotopic (exact) mass is 341 g/mol. The first kappa shape index (κ1) is 15.4. The number of furan rings is 1. The van der Waals surface area contributed by atoms with E-state index in [-0.39, 0.29) is 6.03 Å². The molecule has 1 aliphatic rings. The zero-order chi connectivity index (χ0) is 17.2. The molecule has 3 aromatic rings. The summed E-state index contributed by atoms with van der Waals surface area (Å²) in [5, 5.41) is 8.06. The van der Waals surface area contributed by atoms with Gasteiger partial charge in [0.2, 0.25) is 0 Å². The van der Waals surface area contributed by atoms with Gasteiger partial charge in [-0.15, -0.1) is 0 Å². The Morgan fingerprint density at radius 3 is 2.88 bits per heavy atom. The van der Waals surface area contributed by atoms with E-state index in [4.69, 9.17) is 4.42 Å². The largest absolute Gasteiger partial charge is 0.467 e. The summed E-state index contributed by atoms with van der Waals surface area (Å²) >= 11 is 0. The molecule has 0 saturated carbocycles. The molecule has 0 aliphatic carbocycles. The fourth-order valence-corrected chi connectivity index (χ4v) is 3.01. The van der Waals surface area contributed by atoms with Crippen molar-refractivity contribution in [1.82, 2.24) is 30.0 Å². The quantitative estimate of drug-likeness (QED) is 0.764. The average Bonchev–Trinajstić information content (AvgIpc) is 3.30. The summed E-state index contributed by atoms with van der Waals surface area (Å²) in [7, 11) is 1.86. The van der Waals surface area contributed by atoms with Crippen molar-refractivity contribution in [3.05, 3.63) is 36.7 Å². The van der Waals surface area contributed by atoms with Crippen LogP contribution in [0.15, 0.2) is 35.3 Å². The third-order valence-electron chi connectivity index (χ3n) is 4.37. The smallest absolute Gasteiger partial charge is 0.317 e. The van der Waals surface area contributed by atoms with E-state index in [1.807, 2.05) is 13.1 Å². The number of amides is 2. The molecule has 2 amide bonds. The van der Waals surface area contributed by atoms with E-state index in [9.17, 15) is 4.79 Å². The summed E-state index contributed by atoms with van der Waals surface area (Å²) < 4.78 is 6.96. The number of aromatic nitrogens is 4. The minimum atomic E-state index is -0.0785. The Kier molecular flexibility index (Phi) is 3.96. The number of hydrogen-bond acceptors (Lipinski definition) is 6. The van der Waals surface area contributed by atoms with Crippen LogP contribution in [0, 0.1) is 0 Å². The number of fused-ring (bicyclic) bond motifs is 1. The lowest BCUT2D eigenvalue weighted by molar-refractivity contribution is 0.193. The minimum absolute atomic E-state index is 0.0785.